The molecule has 1 fully saturated rings. The molecule has 4 aromatic rings. The quantitative estimate of drug-likeness (QED) is 0.251. The van der Waals surface area contributed by atoms with Crippen molar-refractivity contribution in [2.24, 2.45) is 0 Å². The summed E-state index contributed by atoms with van der Waals surface area (Å²) in [6, 6.07) is 19.5. The summed E-state index contributed by atoms with van der Waals surface area (Å²) in [6.07, 6.45) is 1.15. The number of morpholine rings is 1. The number of nitrogens with one attached hydrogen (secondary N) is 1. The maximum atomic E-state index is 12.2. The van der Waals surface area contributed by atoms with Gasteiger partial charge in [0, 0.05) is 35.3 Å². The molecule has 1 aliphatic heterocycles. The Bertz CT molecular complexity index is 1400. The van der Waals surface area contributed by atoms with Gasteiger partial charge in [0.15, 0.2) is 0 Å². The second-order valence-corrected chi connectivity index (χ2v) is 9.42. The number of hydrogen-bond acceptors (Lipinski definition) is 4. The third-order valence-electron chi connectivity index (χ3n) is 6.45. The van der Waals surface area contributed by atoms with Crippen molar-refractivity contribution in [3.8, 4) is 16.9 Å². The number of fused-ring (bicyclic) bond motifs is 1. The summed E-state index contributed by atoms with van der Waals surface area (Å²) < 4.78 is 11.3. The maximum Gasteiger partial charge on any atom is 0.352 e. The van der Waals surface area contributed by atoms with Gasteiger partial charge in [-0.1, -0.05) is 65.7 Å². The molecule has 186 valence electrons. The molecule has 0 amide bonds. The second-order valence-electron chi connectivity index (χ2n) is 8.63. The molecule has 0 atom stereocenters. The van der Waals surface area contributed by atoms with E-state index in [-0.39, 0.29) is 5.69 Å². The lowest BCUT2D eigenvalue weighted by atomic mass is 9.98. The third-order valence-corrected chi connectivity index (χ3v) is 7.25. The van der Waals surface area contributed by atoms with E-state index in [1.807, 2.05) is 30.3 Å². The summed E-state index contributed by atoms with van der Waals surface area (Å²) in [7, 11) is 0. The Labute approximate surface area is 219 Å². The van der Waals surface area contributed by atoms with Crippen LogP contribution in [0.15, 0.2) is 60.7 Å². The van der Waals surface area contributed by atoms with Gasteiger partial charge < -0.3 is 24.5 Å². The van der Waals surface area contributed by atoms with E-state index in [1.165, 1.54) is 0 Å². The van der Waals surface area contributed by atoms with E-state index in [0.29, 0.717) is 48.5 Å². The number of carboxylic acids is 1. The molecule has 2 N–H and O–H groups in total. The van der Waals surface area contributed by atoms with Crippen molar-refractivity contribution in [2.75, 3.05) is 37.8 Å². The highest BCUT2D eigenvalue weighted by atomic mass is 35.5. The number of rotatable bonds is 8. The summed E-state index contributed by atoms with van der Waals surface area (Å²) in [5.74, 6) is -0.462. The van der Waals surface area contributed by atoms with Gasteiger partial charge in [-0.25, -0.2) is 4.79 Å². The zero-order chi connectivity index (χ0) is 25.1. The number of aryl methyl sites for hydroxylation is 1. The first-order valence-electron chi connectivity index (χ1n) is 11.9. The molecule has 1 aromatic heterocycles. The Morgan fingerprint density at radius 1 is 1.00 bits per heavy atom. The zero-order valence-electron chi connectivity index (χ0n) is 19.6. The minimum absolute atomic E-state index is 0.210. The number of aromatic nitrogens is 1. The standard InChI is InChI=1S/C28H26Cl2N2O4/c29-22-10-4-12-24(25(22)30)36-15-5-9-21-20-8-3-7-19(26(20)31-27(21)28(33)34)18-6-1-2-11-23(18)32-13-16-35-17-14-32/h1-4,6-8,10-12,31H,5,9,13-17H2,(H,33,34). The van der Waals surface area contributed by atoms with Crippen molar-refractivity contribution in [3.63, 3.8) is 0 Å². The van der Waals surface area contributed by atoms with Gasteiger partial charge in [-0.2, -0.15) is 0 Å². The fraction of sp³-hybridized carbons (Fsp3) is 0.250. The number of halogens is 2. The van der Waals surface area contributed by atoms with Crippen LogP contribution in [0.25, 0.3) is 22.0 Å². The second kappa shape index (κ2) is 10.8. The Morgan fingerprint density at radius 2 is 1.75 bits per heavy atom. The van der Waals surface area contributed by atoms with Crippen LogP contribution in [0.4, 0.5) is 5.69 Å². The Balaban J connectivity index is 1.45. The van der Waals surface area contributed by atoms with Crippen LogP contribution in [0.3, 0.4) is 0 Å². The van der Waals surface area contributed by atoms with E-state index in [4.69, 9.17) is 32.7 Å². The summed E-state index contributed by atoms with van der Waals surface area (Å²) in [5, 5.41) is 11.7. The molecule has 6 nitrogen and oxygen atoms in total. The first kappa shape index (κ1) is 24.5. The molecule has 0 bridgehead atoms. The molecule has 36 heavy (non-hydrogen) atoms. The van der Waals surface area contributed by atoms with E-state index in [1.54, 1.807) is 18.2 Å². The van der Waals surface area contributed by atoms with Crippen molar-refractivity contribution in [2.45, 2.75) is 12.8 Å². The first-order valence-corrected chi connectivity index (χ1v) is 12.7. The van der Waals surface area contributed by atoms with Gasteiger partial charge in [-0.05, 0) is 36.6 Å². The van der Waals surface area contributed by atoms with Gasteiger partial charge in [0.1, 0.15) is 16.5 Å². The van der Waals surface area contributed by atoms with Crippen molar-refractivity contribution < 1.29 is 19.4 Å². The van der Waals surface area contributed by atoms with Crippen LogP contribution >= 0.6 is 23.2 Å². The fourth-order valence-corrected chi connectivity index (χ4v) is 5.09. The number of benzene rings is 3. The number of aromatic amines is 1. The van der Waals surface area contributed by atoms with Crippen LogP contribution in [0.5, 0.6) is 5.75 Å². The molecule has 0 radical (unpaired) electrons. The minimum Gasteiger partial charge on any atom is -0.492 e. The third kappa shape index (κ3) is 4.89. The number of carbonyl (C=O) groups is 1. The Morgan fingerprint density at radius 3 is 2.56 bits per heavy atom. The van der Waals surface area contributed by atoms with E-state index in [9.17, 15) is 9.90 Å². The van der Waals surface area contributed by atoms with Gasteiger partial charge in [-0.15, -0.1) is 0 Å². The summed E-state index contributed by atoms with van der Waals surface area (Å²) in [4.78, 5) is 17.7. The highest BCUT2D eigenvalue weighted by Crippen LogP contribution is 2.38. The van der Waals surface area contributed by atoms with E-state index in [0.717, 1.165) is 46.4 Å². The largest absolute Gasteiger partial charge is 0.492 e. The molecule has 0 saturated carbocycles. The number of nitrogens with zero attached hydrogens (tertiary/aromatic N) is 1. The molecule has 0 aliphatic carbocycles. The summed E-state index contributed by atoms with van der Waals surface area (Å²) >= 11 is 12.3. The lowest BCUT2D eigenvalue weighted by Crippen LogP contribution is -2.36. The van der Waals surface area contributed by atoms with Gasteiger partial charge >= 0.3 is 5.97 Å². The molecule has 8 heteroatoms. The molecule has 0 spiro atoms. The monoisotopic (exact) mass is 524 g/mol. The maximum absolute atomic E-state index is 12.2. The number of anilines is 1. The van der Waals surface area contributed by atoms with Crippen molar-refractivity contribution in [1.82, 2.24) is 4.98 Å². The van der Waals surface area contributed by atoms with E-state index in [2.05, 4.69) is 22.0 Å². The average molecular weight is 525 g/mol. The molecule has 0 unspecified atom stereocenters. The molecule has 3 aromatic carbocycles. The van der Waals surface area contributed by atoms with Gasteiger partial charge in [-0.3, -0.25) is 0 Å². The topological polar surface area (TPSA) is 74.8 Å². The Hall–Kier alpha value is -3.19. The van der Waals surface area contributed by atoms with Gasteiger partial charge in [0.25, 0.3) is 0 Å². The molecular formula is C28H26Cl2N2O4. The fourth-order valence-electron chi connectivity index (χ4n) is 4.75. The smallest absolute Gasteiger partial charge is 0.352 e. The van der Waals surface area contributed by atoms with Crippen LogP contribution in [0, 0.1) is 0 Å². The van der Waals surface area contributed by atoms with Crippen LogP contribution in [0.1, 0.15) is 22.5 Å². The van der Waals surface area contributed by atoms with Crippen molar-refractivity contribution in [3.05, 3.63) is 82.0 Å². The summed E-state index contributed by atoms with van der Waals surface area (Å²) in [5.41, 5.74) is 4.96. The predicted molar refractivity (Wildman–Crippen MR) is 144 cm³/mol. The number of aromatic carboxylic acids is 1. The van der Waals surface area contributed by atoms with Crippen LogP contribution in [0.2, 0.25) is 10.0 Å². The molecule has 5 rings (SSSR count). The van der Waals surface area contributed by atoms with Crippen LogP contribution in [-0.4, -0.2) is 49.0 Å². The van der Waals surface area contributed by atoms with Crippen molar-refractivity contribution in [1.29, 1.82) is 0 Å². The zero-order valence-corrected chi connectivity index (χ0v) is 21.1. The number of ether oxygens (including phenoxy) is 2. The summed E-state index contributed by atoms with van der Waals surface area (Å²) in [6.45, 7) is 3.40. The average Bonchev–Trinajstić information content (AvgIpc) is 3.28. The van der Waals surface area contributed by atoms with Gasteiger partial charge in [0.2, 0.25) is 0 Å². The van der Waals surface area contributed by atoms with Crippen LogP contribution < -0.4 is 9.64 Å². The normalized spacial score (nSPS) is 13.8. The van der Waals surface area contributed by atoms with Gasteiger partial charge in [0.05, 0.1) is 30.4 Å². The molecular weight excluding hydrogens is 499 g/mol. The van der Waals surface area contributed by atoms with E-state index >= 15 is 0 Å². The highest BCUT2D eigenvalue weighted by molar-refractivity contribution is 6.42. The van der Waals surface area contributed by atoms with Crippen LogP contribution in [-0.2, 0) is 11.2 Å². The number of H-pyrrole nitrogens is 1. The molecule has 1 saturated heterocycles. The number of para-hydroxylation sites is 2. The number of carboxylic acid groups (broad SMARTS) is 1. The first-order chi connectivity index (χ1) is 17.5. The predicted octanol–water partition coefficient (Wildman–Crippen LogP) is 6.69. The highest BCUT2D eigenvalue weighted by Gasteiger charge is 2.21. The lowest BCUT2D eigenvalue weighted by Gasteiger charge is -2.30. The number of hydrogen-bond donors (Lipinski definition) is 2. The molecule has 1 aliphatic rings. The molecule has 2 heterocycles. The van der Waals surface area contributed by atoms with Crippen molar-refractivity contribution >= 4 is 45.8 Å². The van der Waals surface area contributed by atoms with E-state index < -0.39 is 5.97 Å². The Kier molecular flexibility index (Phi) is 7.37. The SMILES string of the molecule is O=C(O)c1[nH]c2c(-c3ccccc3N3CCOCC3)cccc2c1CCCOc1cccc(Cl)c1Cl. The lowest BCUT2D eigenvalue weighted by molar-refractivity contribution is 0.0690. The minimum atomic E-state index is -0.979.